The maximum Gasteiger partial charge on any atom is 0.343 e. The van der Waals surface area contributed by atoms with Crippen LogP contribution in [-0.4, -0.2) is 30.2 Å². The number of aromatic nitrogens is 1. The fourth-order valence-electron chi connectivity index (χ4n) is 3.00. The minimum Gasteiger partial charge on any atom is -0.462 e. The van der Waals surface area contributed by atoms with E-state index >= 15 is 0 Å². The van der Waals surface area contributed by atoms with Crippen molar-refractivity contribution in [2.75, 3.05) is 19.7 Å². The van der Waals surface area contributed by atoms with E-state index in [1.54, 1.807) is 13.1 Å². The summed E-state index contributed by atoms with van der Waals surface area (Å²) in [4.78, 5) is 24.7. The summed E-state index contributed by atoms with van der Waals surface area (Å²) in [5.41, 5.74) is 1.74. The molecule has 5 nitrogen and oxygen atoms in total. The largest absolute Gasteiger partial charge is 0.462 e. The fourth-order valence-corrected chi connectivity index (χ4v) is 3.00. The van der Waals surface area contributed by atoms with Gasteiger partial charge in [-0.25, -0.2) is 4.79 Å². The molecule has 22 heavy (non-hydrogen) atoms. The van der Waals surface area contributed by atoms with E-state index in [9.17, 15) is 9.59 Å². The molecule has 1 atom stereocenters. The third-order valence-corrected chi connectivity index (χ3v) is 4.11. The van der Waals surface area contributed by atoms with Gasteiger partial charge in [0.15, 0.2) is 0 Å². The Morgan fingerprint density at radius 2 is 2.27 bits per heavy atom. The predicted octanol–water partition coefficient (Wildman–Crippen LogP) is 2.02. The molecule has 0 unspecified atom stereocenters. The lowest BCUT2D eigenvalue weighted by atomic mass is 10.1. The van der Waals surface area contributed by atoms with E-state index in [-0.39, 0.29) is 23.6 Å². The Morgan fingerprint density at radius 1 is 1.45 bits per heavy atom. The Morgan fingerprint density at radius 3 is 2.95 bits per heavy atom. The quantitative estimate of drug-likeness (QED) is 0.881. The average molecular weight is 300 g/mol. The van der Waals surface area contributed by atoms with Crippen LogP contribution in [0.15, 0.2) is 29.2 Å². The van der Waals surface area contributed by atoms with E-state index in [0.29, 0.717) is 5.39 Å². The molecule has 1 aliphatic heterocycles. The Hall–Kier alpha value is -2.14. The second-order valence-electron chi connectivity index (χ2n) is 5.67. The van der Waals surface area contributed by atoms with Gasteiger partial charge in [-0.15, -0.1) is 0 Å². The van der Waals surface area contributed by atoms with Crippen LogP contribution in [-0.2, 0) is 4.74 Å². The number of nitrogens with zero attached hydrogens (tertiary/aromatic N) is 1. The molecule has 0 saturated carbocycles. The highest BCUT2D eigenvalue weighted by Gasteiger charge is 2.22. The summed E-state index contributed by atoms with van der Waals surface area (Å²) < 4.78 is 7.08. The van der Waals surface area contributed by atoms with Crippen molar-refractivity contribution in [1.29, 1.82) is 0 Å². The predicted molar refractivity (Wildman–Crippen MR) is 85.4 cm³/mol. The second kappa shape index (κ2) is 5.93. The van der Waals surface area contributed by atoms with Crippen molar-refractivity contribution in [1.82, 2.24) is 9.88 Å². The van der Waals surface area contributed by atoms with Crippen molar-refractivity contribution in [3.63, 3.8) is 0 Å². The second-order valence-corrected chi connectivity index (χ2v) is 5.67. The molecule has 1 N–H and O–H groups in total. The molecule has 5 heteroatoms. The molecular weight excluding hydrogens is 280 g/mol. The van der Waals surface area contributed by atoms with Gasteiger partial charge in [0, 0.05) is 24.2 Å². The zero-order chi connectivity index (χ0) is 15.7. The molecule has 1 aliphatic rings. The number of pyridine rings is 1. The zero-order valence-corrected chi connectivity index (χ0v) is 12.9. The number of benzene rings is 1. The lowest BCUT2D eigenvalue weighted by molar-refractivity contribution is 0.0524. The molecule has 1 fully saturated rings. The van der Waals surface area contributed by atoms with Crippen LogP contribution in [0.1, 0.15) is 35.3 Å². The molecule has 2 aromatic rings. The van der Waals surface area contributed by atoms with Crippen LogP contribution in [0.4, 0.5) is 0 Å². The highest BCUT2D eigenvalue weighted by molar-refractivity contribution is 5.94. The first-order valence-corrected chi connectivity index (χ1v) is 7.65. The van der Waals surface area contributed by atoms with E-state index in [4.69, 9.17) is 4.74 Å². The normalized spacial score (nSPS) is 17.8. The summed E-state index contributed by atoms with van der Waals surface area (Å²) in [6.07, 6.45) is 2.64. The zero-order valence-electron chi connectivity index (χ0n) is 12.9. The molecule has 0 spiro atoms. The van der Waals surface area contributed by atoms with E-state index in [0.717, 1.165) is 30.6 Å². The van der Waals surface area contributed by atoms with Crippen LogP contribution in [0.3, 0.4) is 0 Å². The fraction of sp³-hybridized carbons (Fsp3) is 0.412. The van der Waals surface area contributed by atoms with Gasteiger partial charge in [0.1, 0.15) is 5.56 Å². The highest BCUT2D eigenvalue weighted by atomic mass is 16.5. The summed E-state index contributed by atoms with van der Waals surface area (Å²) >= 11 is 0. The number of nitrogens with one attached hydrogen (secondary N) is 1. The van der Waals surface area contributed by atoms with Crippen LogP contribution in [0.5, 0.6) is 0 Å². The number of aryl methyl sites for hydroxylation is 1. The van der Waals surface area contributed by atoms with Crippen molar-refractivity contribution in [2.24, 2.45) is 0 Å². The number of carbonyl (C=O) groups is 1. The van der Waals surface area contributed by atoms with Gasteiger partial charge >= 0.3 is 5.97 Å². The van der Waals surface area contributed by atoms with E-state index in [1.807, 2.05) is 29.7 Å². The average Bonchev–Trinajstić information content (AvgIpc) is 3.02. The molecule has 0 radical (unpaired) electrons. The lowest BCUT2D eigenvalue weighted by Gasteiger charge is -2.18. The smallest absolute Gasteiger partial charge is 0.343 e. The van der Waals surface area contributed by atoms with E-state index in [2.05, 4.69) is 5.32 Å². The topological polar surface area (TPSA) is 60.3 Å². The third-order valence-electron chi connectivity index (χ3n) is 4.11. The standard InChI is InChI=1S/C17H20N2O3/c1-3-22-17(21)14-10-19(12-6-7-18-9-12)15-5-4-11(2)8-13(15)16(14)20/h4-5,8,10,12,18H,3,6-7,9H2,1-2H3/t12-/m1/s1. The summed E-state index contributed by atoms with van der Waals surface area (Å²) in [6, 6.07) is 6.04. The van der Waals surface area contributed by atoms with Gasteiger partial charge in [0.05, 0.1) is 12.1 Å². The number of ether oxygens (including phenoxy) is 1. The Bertz CT molecular complexity index is 773. The molecular formula is C17H20N2O3. The van der Waals surface area contributed by atoms with Crippen LogP contribution in [0.2, 0.25) is 0 Å². The Kier molecular flexibility index (Phi) is 3.98. The van der Waals surface area contributed by atoms with E-state index in [1.165, 1.54) is 0 Å². The van der Waals surface area contributed by atoms with Crippen molar-refractivity contribution in [3.05, 3.63) is 45.7 Å². The summed E-state index contributed by atoms with van der Waals surface area (Å²) in [5.74, 6) is -0.546. The molecule has 116 valence electrons. The van der Waals surface area contributed by atoms with Crippen LogP contribution in [0, 0.1) is 6.92 Å². The third kappa shape index (κ3) is 2.52. The molecule has 0 amide bonds. The maximum atomic E-state index is 12.6. The minimum absolute atomic E-state index is 0.117. The molecule has 3 rings (SSSR count). The first-order valence-electron chi connectivity index (χ1n) is 7.65. The Balaban J connectivity index is 2.26. The van der Waals surface area contributed by atoms with Crippen LogP contribution < -0.4 is 10.7 Å². The summed E-state index contributed by atoms with van der Waals surface area (Å²) in [7, 11) is 0. The lowest BCUT2D eigenvalue weighted by Crippen LogP contribution is -2.23. The van der Waals surface area contributed by atoms with Gasteiger partial charge in [-0.05, 0) is 38.9 Å². The van der Waals surface area contributed by atoms with Crippen molar-refractivity contribution >= 4 is 16.9 Å². The van der Waals surface area contributed by atoms with Gasteiger partial charge in [-0.2, -0.15) is 0 Å². The molecule has 1 saturated heterocycles. The Labute approximate surface area is 128 Å². The molecule has 1 aromatic carbocycles. The van der Waals surface area contributed by atoms with Crippen molar-refractivity contribution < 1.29 is 9.53 Å². The van der Waals surface area contributed by atoms with Crippen molar-refractivity contribution in [3.8, 4) is 0 Å². The highest BCUT2D eigenvalue weighted by Crippen LogP contribution is 2.22. The number of hydrogen-bond acceptors (Lipinski definition) is 4. The molecule has 0 aliphatic carbocycles. The van der Waals surface area contributed by atoms with Gasteiger partial charge in [-0.1, -0.05) is 11.6 Å². The first-order chi connectivity index (χ1) is 10.6. The molecule has 1 aromatic heterocycles. The van der Waals surface area contributed by atoms with Crippen molar-refractivity contribution in [2.45, 2.75) is 26.3 Å². The molecule has 2 heterocycles. The maximum absolute atomic E-state index is 12.6. The van der Waals surface area contributed by atoms with Gasteiger partial charge in [0.2, 0.25) is 5.43 Å². The first kappa shape index (κ1) is 14.8. The number of hydrogen-bond donors (Lipinski definition) is 1. The monoisotopic (exact) mass is 300 g/mol. The van der Waals surface area contributed by atoms with Crippen LogP contribution in [0.25, 0.3) is 10.9 Å². The number of fused-ring (bicyclic) bond motifs is 1. The minimum atomic E-state index is -0.546. The van der Waals surface area contributed by atoms with Gasteiger partial charge in [-0.3, -0.25) is 4.79 Å². The van der Waals surface area contributed by atoms with Gasteiger partial charge in [0.25, 0.3) is 0 Å². The summed E-state index contributed by atoms with van der Waals surface area (Å²) in [5, 5.41) is 3.90. The summed E-state index contributed by atoms with van der Waals surface area (Å²) in [6.45, 7) is 5.72. The van der Waals surface area contributed by atoms with Crippen LogP contribution >= 0.6 is 0 Å². The number of carbonyl (C=O) groups excluding carboxylic acids is 1. The molecule has 0 bridgehead atoms. The number of esters is 1. The van der Waals surface area contributed by atoms with E-state index < -0.39 is 5.97 Å². The van der Waals surface area contributed by atoms with Gasteiger partial charge < -0.3 is 14.6 Å². The number of rotatable bonds is 3. The SMILES string of the molecule is CCOC(=O)c1cn([C@@H]2CCNC2)c2ccc(C)cc2c1=O.